The SMILES string of the molecule is Cc1cccc(C(=O)N(CC(=O)N(CCO)CC(=O)N(CCO)CCC(=O)NCC(=O)O)CC(C)C)c1. The van der Waals surface area contributed by atoms with Crippen molar-refractivity contribution < 1.29 is 39.3 Å². The number of carbonyl (C=O) groups excluding carboxylic acids is 4. The van der Waals surface area contributed by atoms with Gasteiger partial charge in [0.2, 0.25) is 17.7 Å². The molecule has 0 saturated carbocycles. The summed E-state index contributed by atoms with van der Waals surface area (Å²) in [6.45, 7) is 3.57. The lowest BCUT2D eigenvalue weighted by atomic mass is 10.1. The van der Waals surface area contributed by atoms with Crippen molar-refractivity contribution in [2.75, 3.05) is 59.0 Å². The fourth-order valence-electron chi connectivity index (χ4n) is 3.54. The molecule has 37 heavy (non-hydrogen) atoms. The molecule has 1 aromatic carbocycles. The maximum Gasteiger partial charge on any atom is 0.322 e. The lowest BCUT2D eigenvalue weighted by molar-refractivity contribution is -0.142. The normalized spacial score (nSPS) is 10.6. The average Bonchev–Trinajstić information content (AvgIpc) is 2.83. The van der Waals surface area contributed by atoms with Crippen LogP contribution in [0.1, 0.15) is 36.2 Å². The molecule has 0 aliphatic heterocycles. The van der Waals surface area contributed by atoms with E-state index in [0.717, 1.165) is 10.5 Å². The van der Waals surface area contributed by atoms with Crippen LogP contribution in [0.15, 0.2) is 24.3 Å². The van der Waals surface area contributed by atoms with Gasteiger partial charge in [-0.1, -0.05) is 31.5 Å². The zero-order chi connectivity index (χ0) is 28.0. The Morgan fingerprint density at radius 1 is 0.892 bits per heavy atom. The number of aliphatic hydroxyl groups is 2. The molecule has 12 heteroatoms. The summed E-state index contributed by atoms with van der Waals surface area (Å²) in [5, 5.41) is 29.6. The Hall–Kier alpha value is -3.51. The number of benzene rings is 1. The summed E-state index contributed by atoms with van der Waals surface area (Å²) in [6, 6.07) is 7.01. The number of amides is 4. The molecule has 0 aliphatic carbocycles. The molecule has 4 N–H and O–H groups in total. The maximum atomic E-state index is 13.1. The summed E-state index contributed by atoms with van der Waals surface area (Å²) in [6.07, 6.45) is -0.194. The van der Waals surface area contributed by atoms with E-state index in [1.807, 2.05) is 26.8 Å². The summed E-state index contributed by atoms with van der Waals surface area (Å²) in [5.74, 6) is -3.14. The number of hydrogen-bond acceptors (Lipinski definition) is 7. The number of nitrogens with zero attached hydrogens (tertiary/aromatic N) is 3. The van der Waals surface area contributed by atoms with E-state index in [1.54, 1.807) is 18.2 Å². The van der Waals surface area contributed by atoms with E-state index in [2.05, 4.69) is 5.32 Å². The Morgan fingerprint density at radius 2 is 1.49 bits per heavy atom. The van der Waals surface area contributed by atoms with Crippen LogP contribution in [-0.2, 0) is 19.2 Å². The number of rotatable bonds is 16. The molecule has 0 saturated heterocycles. The van der Waals surface area contributed by atoms with E-state index in [-0.39, 0.29) is 51.0 Å². The zero-order valence-corrected chi connectivity index (χ0v) is 21.7. The van der Waals surface area contributed by atoms with Crippen LogP contribution in [0.5, 0.6) is 0 Å². The molecule has 0 unspecified atom stereocenters. The molecule has 0 heterocycles. The first-order valence-corrected chi connectivity index (χ1v) is 12.1. The van der Waals surface area contributed by atoms with Gasteiger partial charge in [-0.2, -0.15) is 0 Å². The lowest BCUT2D eigenvalue weighted by Crippen LogP contribution is -2.49. The van der Waals surface area contributed by atoms with Crippen molar-refractivity contribution in [3.63, 3.8) is 0 Å². The summed E-state index contributed by atoms with van der Waals surface area (Å²) in [5.41, 5.74) is 1.34. The molecule has 0 aromatic heterocycles. The first kappa shape index (κ1) is 31.5. The molecule has 206 valence electrons. The second-order valence-electron chi connectivity index (χ2n) is 9.01. The molecular weight excluding hydrogens is 484 g/mol. The van der Waals surface area contributed by atoms with E-state index in [0.29, 0.717) is 12.1 Å². The molecular formula is C25H38N4O8. The van der Waals surface area contributed by atoms with Crippen molar-refractivity contribution in [1.29, 1.82) is 0 Å². The van der Waals surface area contributed by atoms with Crippen LogP contribution in [0.25, 0.3) is 0 Å². The average molecular weight is 523 g/mol. The predicted molar refractivity (Wildman–Crippen MR) is 135 cm³/mol. The smallest absolute Gasteiger partial charge is 0.322 e. The van der Waals surface area contributed by atoms with Gasteiger partial charge < -0.3 is 35.3 Å². The van der Waals surface area contributed by atoms with Gasteiger partial charge in [0, 0.05) is 38.2 Å². The first-order chi connectivity index (χ1) is 17.5. The lowest BCUT2D eigenvalue weighted by Gasteiger charge is -2.30. The highest BCUT2D eigenvalue weighted by atomic mass is 16.4. The Bertz CT molecular complexity index is 937. The summed E-state index contributed by atoms with van der Waals surface area (Å²) in [7, 11) is 0. The number of carbonyl (C=O) groups is 5. The fraction of sp³-hybridized carbons (Fsp3) is 0.560. The topological polar surface area (TPSA) is 168 Å². The highest BCUT2D eigenvalue weighted by Crippen LogP contribution is 2.11. The number of carboxylic acid groups (broad SMARTS) is 1. The van der Waals surface area contributed by atoms with Crippen LogP contribution < -0.4 is 5.32 Å². The molecule has 0 aliphatic rings. The van der Waals surface area contributed by atoms with E-state index >= 15 is 0 Å². The van der Waals surface area contributed by atoms with Crippen LogP contribution in [0.2, 0.25) is 0 Å². The predicted octanol–water partition coefficient (Wildman–Crippen LogP) is -0.674. The van der Waals surface area contributed by atoms with Gasteiger partial charge in [0.15, 0.2) is 0 Å². The van der Waals surface area contributed by atoms with Crippen molar-refractivity contribution in [2.45, 2.75) is 27.2 Å². The number of nitrogens with one attached hydrogen (secondary N) is 1. The molecule has 0 fully saturated rings. The maximum absolute atomic E-state index is 13.1. The Morgan fingerprint density at radius 3 is 2.05 bits per heavy atom. The van der Waals surface area contributed by atoms with Gasteiger partial charge in [0.05, 0.1) is 19.8 Å². The van der Waals surface area contributed by atoms with Crippen molar-refractivity contribution in [2.24, 2.45) is 5.92 Å². The summed E-state index contributed by atoms with van der Waals surface area (Å²) >= 11 is 0. The van der Waals surface area contributed by atoms with Crippen LogP contribution in [-0.4, -0.2) is 119 Å². The Labute approximate surface area is 216 Å². The van der Waals surface area contributed by atoms with Crippen molar-refractivity contribution in [3.05, 3.63) is 35.4 Å². The minimum absolute atomic E-state index is 0.0711. The first-order valence-electron chi connectivity index (χ1n) is 12.1. The van der Waals surface area contributed by atoms with Crippen LogP contribution >= 0.6 is 0 Å². The summed E-state index contributed by atoms with van der Waals surface area (Å²) < 4.78 is 0. The Balaban J connectivity index is 2.93. The largest absolute Gasteiger partial charge is 0.480 e. The molecule has 0 radical (unpaired) electrons. The van der Waals surface area contributed by atoms with E-state index in [9.17, 15) is 34.2 Å². The standard InChI is InChI=1S/C25H38N4O8/c1-18(2)15-29(25(37)20-6-4-5-19(3)13-20)17-23(34)28(10-12-31)16-22(33)27(9-11-30)8-7-21(32)26-14-24(35)36/h4-6,13,18,30-31H,7-12,14-17H2,1-3H3,(H,26,32)(H,35,36). The third-order valence-electron chi connectivity index (χ3n) is 5.28. The highest BCUT2D eigenvalue weighted by molar-refractivity contribution is 5.97. The third-order valence-corrected chi connectivity index (χ3v) is 5.28. The number of carboxylic acids is 1. The molecule has 12 nitrogen and oxygen atoms in total. The molecule has 0 bridgehead atoms. The Kier molecular flexibility index (Phi) is 13.9. The van der Waals surface area contributed by atoms with Gasteiger partial charge in [-0.3, -0.25) is 24.0 Å². The molecule has 0 atom stereocenters. The van der Waals surface area contributed by atoms with Crippen molar-refractivity contribution >= 4 is 29.6 Å². The van der Waals surface area contributed by atoms with Crippen molar-refractivity contribution in [3.8, 4) is 0 Å². The fourth-order valence-corrected chi connectivity index (χ4v) is 3.54. The molecule has 1 rings (SSSR count). The summed E-state index contributed by atoms with van der Waals surface area (Å²) in [4.78, 5) is 65.3. The second kappa shape index (κ2) is 16.3. The second-order valence-corrected chi connectivity index (χ2v) is 9.01. The van der Waals surface area contributed by atoms with Gasteiger partial charge in [-0.25, -0.2) is 0 Å². The van der Waals surface area contributed by atoms with Crippen molar-refractivity contribution in [1.82, 2.24) is 20.0 Å². The van der Waals surface area contributed by atoms with Crippen LogP contribution in [0, 0.1) is 12.8 Å². The molecule has 1 aromatic rings. The van der Waals surface area contributed by atoms with Gasteiger partial charge in [-0.15, -0.1) is 0 Å². The highest BCUT2D eigenvalue weighted by Gasteiger charge is 2.26. The van der Waals surface area contributed by atoms with E-state index < -0.39 is 43.4 Å². The minimum Gasteiger partial charge on any atom is -0.480 e. The van der Waals surface area contributed by atoms with Crippen LogP contribution in [0.3, 0.4) is 0 Å². The zero-order valence-electron chi connectivity index (χ0n) is 21.7. The number of aliphatic hydroxyl groups excluding tert-OH is 2. The quantitative estimate of drug-likeness (QED) is 0.222. The molecule has 0 spiro atoms. The van der Waals surface area contributed by atoms with Gasteiger partial charge >= 0.3 is 5.97 Å². The van der Waals surface area contributed by atoms with Gasteiger partial charge in [0.25, 0.3) is 5.91 Å². The van der Waals surface area contributed by atoms with E-state index in [4.69, 9.17) is 5.11 Å². The number of aryl methyl sites for hydroxylation is 1. The van der Waals surface area contributed by atoms with Gasteiger partial charge in [-0.05, 0) is 25.0 Å². The number of hydrogen-bond donors (Lipinski definition) is 4. The van der Waals surface area contributed by atoms with Crippen LogP contribution in [0.4, 0.5) is 0 Å². The minimum atomic E-state index is -1.21. The molecule has 4 amide bonds. The third kappa shape index (κ3) is 11.8. The van der Waals surface area contributed by atoms with Gasteiger partial charge in [0.1, 0.15) is 13.1 Å². The monoisotopic (exact) mass is 522 g/mol. The number of aliphatic carboxylic acids is 1. The van der Waals surface area contributed by atoms with E-state index in [1.165, 1.54) is 9.80 Å².